The first-order valence-corrected chi connectivity index (χ1v) is 27.9. The van der Waals surface area contributed by atoms with Crippen molar-refractivity contribution in [3.05, 3.63) is 87.1 Å². The number of sulfonamides is 1. The highest BCUT2D eigenvalue weighted by atomic mass is 79.9. The highest BCUT2D eigenvalue weighted by Gasteiger charge is 2.38. The lowest BCUT2D eigenvalue weighted by Gasteiger charge is -2.44. The first-order valence-electron chi connectivity index (χ1n) is 25.2. The minimum absolute atomic E-state index is 0.103. The third kappa shape index (κ3) is 10.8. The Morgan fingerprint density at radius 2 is 1.66 bits per heavy atom. The number of hydrogen-bond acceptors (Lipinski definition) is 15. The van der Waals surface area contributed by atoms with E-state index in [9.17, 15) is 31.6 Å². The van der Waals surface area contributed by atoms with Crippen molar-refractivity contribution in [2.75, 3.05) is 79.4 Å². The van der Waals surface area contributed by atoms with E-state index in [1.807, 2.05) is 31.2 Å². The number of carbonyl (C=O) groups is 2. The molecule has 6 heterocycles. The van der Waals surface area contributed by atoms with Gasteiger partial charge in [-0.25, -0.2) is 27.0 Å². The maximum atomic E-state index is 14.6. The van der Waals surface area contributed by atoms with Gasteiger partial charge in [0.1, 0.15) is 23.1 Å². The SMILES string of the molecule is CCn1c(=O)n(C2CCC(=O)NC2=O)c2cccc(CCN3CCN(C4CCN(c5cc(OC)c(Nc6ncc(Br)c(Nc7ccc8nccnc8c7NS(C)(=O)=O)n6)cc5C5CCC(F)(F)CC5)CC4)CC3)c21. The van der Waals surface area contributed by atoms with E-state index in [4.69, 9.17) is 9.72 Å². The van der Waals surface area contributed by atoms with Gasteiger partial charge < -0.3 is 25.2 Å². The zero-order valence-electron chi connectivity index (χ0n) is 41.5. The van der Waals surface area contributed by atoms with Gasteiger partial charge in [0.15, 0.2) is 0 Å². The van der Waals surface area contributed by atoms with Crippen molar-refractivity contribution < 1.29 is 31.5 Å². The largest absolute Gasteiger partial charge is 0.494 e. The van der Waals surface area contributed by atoms with E-state index >= 15 is 0 Å². The van der Waals surface area contributed by atoms with E-state index in [0.717, 1.165) is 99.2 Å². The monoisotopic (exact) mass is 1100 g/mol. The number of nitrogens with zero attached hydrogens (tertiary/aromatic N) is 9. The molecule has 19 nitrogen and oxygen atoms in total. The van der Waals surface area contributed by atoms with Crippen LogP contribution in [0.1, 0.15) is 81.4 Å². The van der Waals surface area contributed by atoms with Crippen LogP contribution in [0.2, 0.25) is 0 Å². The van der Waals surface area contributed by atoms with Gasteiger partial charge in [0.05, 0.1) is 51.5 Å². The number of fused-ring (bicyclic) bond motifs is 2. The summed E-state index contributed by atoms with van der Waals surface area (Å²) in [7, 11) is -2.12. The molecule has 6 aromatic rings. The molecule has 4 fully saturated rings. The summed E-state index contributed by atoms with van der Waals surface area (Å²) in [5.41, 5.74) is 6.35. The predicted octanol–water partition coefficient (Wildman–Crippen LogP) is 7.29. The van der Waals surface area contributed by atoms with Gasteiger partial charge in [0.2, 0.25) is 33.7 Å². The van der Waals surface area contributed by atoms with Crippen LogP contribution >= 0.6 is 15.9 Å². The van der Waals surface area contributed by atoms with Crippen molar-refractivity contribution >= 4 is 94.4 Å². The van der Waals surface area contributed by atoms with Crippen LogP contribution in [-0.2, 0) is 32.6 Å². The van der Waals surface area contributed by atoms with Crippen LogP contribution in [0.5, 0.6) is 5.75 Å². The van der Waals surface area contributed by atoms with Crippen LogP contribution in [0.3, 0.4) is 0 Å². The number of aromatic nitrogens is 6. The number of piperidine rings is 2. The number of ether oxygens (including phenoxy) is 1. The summed E-state index contributed by atoms with van der Waals surface area (Å²) in [6, 6.07) is 13.0. The quantitative estimate of drug-likeness (QED) is 0.0744. The molecule has 1 atom stereocenters. The van der Waals surface area contributed by atoms with E-state index in [2.05, 4.69) is 72.3 Å². The van der Waals surface area contributed by atoms with E-state index in [0.29, 0.717) is 70.3 Å². The van der Waals surface area contributed by atoms with Gasteiger partial charge in [-0.15, -0.1) is 0 Å². The Morgan fingerprint density at radius 3 is 2.38 bits per heavy atom. The number of methoxy groups -OCH3 is 1. The van der Waals surface area contributed by atoms with Crippen LogP contribution in [0.4, 0.5) is 43.3 Å². The fourth-order valence-corrected chi connectivity index (χ4v) is 12.1. The van der Waals surface area contributed by atoms with Gasteiger partial charge in [-0.05, 0) is 103 Å². The zero-order chi connectivity index (χ0) is 51.9. The summed E-state index contributed by atoms with van der Waals surface area (Å²) in [4.78, 5) is 63.9. The third-order valence-corrected chi connectivity index (χ3v) is 16.2. The number of halogens is 3. The standard InChI is InChI=1S/C51H60BrF2N13O6S/c1-4-66-46-32(6-5-7-39(46)67(50(66)70)40-10-11-43(68)60-48(40)69)14-21-63-24-26-64(27-25-63)33-15-22-65(23-16-33)41-29-42(73-2)38(28-34(41)31-12-17-51(53,54)18-13-31)59-49-57-30-35(52)47(61-49)58-37-9-8-36-44(56-20-19-55-36)45(37)62-74(3,71)72/h5-9,19-20,28-31,33,40,62H,4,10-18,21-27H2,1-3H3,(H,60,68,69)(H2,57,58,59,61). The number of aryl methyl sites for hydroxylation is 1. The van der Waals surface area contributed by atoms with Crippen LogP contribution in [0, 0.1) is 0 Å². The van der Waals surface area contributed by atoms with Crippen molar-refractivity contribution in [1.29, 1.82) is 0 Å². The fraction of sp³-hybridized carbons (Fsp3) is 0.471. The summed E-state index contributed by atoms with van der Waals surface area (Å²) in [6.45, 7) is 8.50. The van der Waals surface area contributed by atoms with E-state index in [-0.39, 0.29) is 48.4 Å². The molecule has 4 aliphatic rings. The summed E-state index contributed by atoms with van der Waals surface area (Å²) < 4.78 is 66.6. The number of imide groups is 1. The van der Waals surface area contributed by atoms with Gasteiger partial charge in [-0.1, -0.05) is 12.1 Å². The lowest BCUT2D eigenvalue weighted by Crippen LogP contribution is -2.53. The summed E-state index contributed by atoms with van der Waals surface area (Å²) in [5.74, 6) is -2.47. The Hall–Kier alpha value is -6.30. The predicted molar refractivity (Wildman–Crippen MR) is 284 cm³/mol. The first-order chi connectivity index (χ1) is 35.6. The molecule has 0 spiro atoms. The van der Waals surface area contributed by atoms with Crippen molar-refractivity contribution in [3.8, 4) is 5.75 Å². The molecule has 1 aliphatic carbocycles. The molecular formula is C51H60BrF2N13O6S. The molecule has 1 saturated carbocycles. The molecule has 3 aliphatic heterocycles. The second-order valence-electron chi connectivity index (χ2n) is 19.7. The smallest absolute Gasteiger partial charge is 0.329 e. The van der Waals surface area contributed by atoms with Gasteiger partial charge in [0, 0.05) is 108 Å². The average Bonchev–Trinajstić information content (AvgIpc) is 3.68. The first kappa shape index (κ1) is 51.2. The van der Waals surface area contributed by atoms with Gasteiger partial charge in [-0.3, -0.25) is 43.6 Å². The maximum Gasteiger partial charge on any atom is 0.329 e. The highest BCUT2D eigenvalue weighted by Crippen LogP contribution is 2.47. The molecule has 1 unspecified atom stereocenters. The number of rotatable bonds is 15. The van der Waals surface area contributed by atoms with E-state index in [1.54, 1.807) is 34.6 Å². The topological polar surface area (TPSA) is 214 Å². The number of alkyl halides is 2. The van der Waals surface area contributed by atoms with Crippen LogP contribution in [0.15, 0.2) is 70.3 Å². The maximum absolute atomic E-state index is 14.6. The van der Waals surface area contributed by atoms with Gasteiger partial charge >= 0.3 is 5.69 Å². The molecule has 0 radical (unpaired) electrons. The number of para-hydroxylation sites is 1. The Morgan fingerprint density at radius 1 is 0.905 bits per heavy atom. The minimum Gasteiger partial charge on any atom is -0.494 e. The van der Waals surface area contributed by atoms with Crippen molar-refractivity contribution in [2.24, 2.45) is 0 Å². The van der Waals surface area contributed by atoms with Crippen molar-refractivity contribution in [1.82, 2.24) is 44.2 Å². The van der Waals surface area contributed by atoms with E-state index < -0.39 is 27.9 Å². The Kier molecular flexibility index (Phi) is 14.6. The number of carbonyl (C=O) groups excluding carboxylic acids is 2. The number of amides is 2. The lowest BCUT2D eigenvalue weighted by atomic mass is 9.81. The van der Waals surface area contributed by atoms with E-state index in [1.165, 1.54) is 12.4 Å². The summed E-state index contributed by atoms with van der Waals surface area (Å²) in [5, 5.41) is 8.96. The molecular weight excluding hydrogens is 1040 g/mol. The van der Waals surface area contributed by atoms with Gasteiger partial charge in [-0.2, -0.15) is 4.98 Å². The van der Waals surface area contributed by atoms with Crippen LogP contribution < -0.4 is 36.0 Å². The molecule has 23 heteroatoms. The number of benzene rings is 3. The normalized spacial score (nSPS) is 19.5. The van der Waals surface area contributed by atoms with Crippen molar-refractivity contribution in [2.45, 2.75) is 95.2 Å². The summed E-state index contributed by atoms with van der Waals surface area (Å²) >= 11 is 3.53. The fourth-order valence-electron chi connectivity index (χ4n) is 11.2. The number of nitrogens with one attached hydrogen (secondary N) is 4. The lowest BCUT2D eigenvalue weighted by molar-refractivity contribution is -0.135. The molecule has 74 heavy (non-hydrogen) atoms. The van der Waals surface area contributed by atoms with Crippen LogP contribution in [0.25, 0.3) is 22.1 Å². The minimum atomic E-state index is -3.71. The number of hydrogen-bond donors (Lipinski definition) is 4. The Balaban J connectivity index is 0.816. The molecule has 2 amide bonds. The Bertz CT molecular complexity index is 3280. The molecule has 3 aromatic carbocycles. The highest BCUT2D eigenvalue weighted by molar-refractivity contribution is 9.10. The number of anilines is 6. The molecule has 3 aromatic heterocycles. The molecule has 0 bridgehead atoms. The zero-order valence-corrected chi connectivity index (χ0v) is 43.9. The number of piperazine rings is 1. The Labute approximate surface area is 435 Å². The molecule has 10 rings (SSSR count). The second-order valence-corrected chi connectivity index (χ2v) is 22.3. The average molecular weight is 1100 g/mol. The third-order valence-electron chi connectivity index (χ3n) is 15.0. The van der Waals surface area contributed by atoms with Crippen molar-refractivity contribution in [3.63, 3.8) is 0 Å². The molecule has 4 N–H and O–H groups in total. The molecule has 3 saturated heterocycles. The summed E-state index contributed by atoms with van der Waals surface area (Å²) in [6.07, 6.45) is 9.07. The van der Waals surface area contributed by atoms with Crippen LogP contribution in [-0.4, -0.2) is 130 Å². The number of imidazole rings is 1. The second kappa shape index (κ2) is 21.1. The van der Waals surface area contributed by atoms with Gasteiger partial charge in [0.25, 0.3) is 0 Å². The molecule has 392 valence electrons.